The van der Waals surface area contributed by atoms with E-state index in [0.29, 0.717) is 22.8 Å². The van der Waals surface area contributed by atoms with Crippen LogP contribution in [0, 0.1) is 11.3 Å². The number of ether oxygens (including phenoxy) is 3. The number of carboxylic acid groups (broad SMARTS) is 1. The molecule has 0 bridgehead atoms. The lowest BCUT2D eigenvalue weighted by Crippen LogP contribution is -1.97. The van der Waals surface area contributed by atoms with Crippen LogP contribution in [0.15, 0.2) is 18.2 Å². The van der Waals surface area contributed by atoms with E-state index in [1.807, 2.05) is 6.07 Å². The maximum absolute atomic E-state index is 10.7. The third-order valence-electron chi connectivity index (χ3n) is 2.36. The molecule has 1 rings (SSSR count). The Kier molecular flexibility index (Phi) is 4.77. The first-order valence-corrected chi connectivity index (χ1v) is 5.22. The summed E-state index contributed by atoms with van der Waals surface area (Å²) in [6.45, 7) is 0. The smallest absolute Gasteiger partial charge is 0.329 e. The van der Waals surface area contributed by atoms with E-state index in [1.54, 1.807) is 0 Å². The van der Waals surface area contributed by atoms with Crippen molar-refractivity contribution in [1.29, 1.82) is 5.26 Å². The summed E-state index contributed by atoms with van der Waals surface area (Å²) in [4.78, 5) is 10.7. The van der Waals surface area contributed by atoms with Crippen LogP contribution in [0.1, 0.15) is 5.56 Å². The van der Waals surface area contributed by atoms with Crippen molar-refractivity contribution >= 4 is 11.5 Å². The Hall–Kier alpha value is -2.68. The number of hydrogen-bond donors (Lipinski definition) is 1. The molecule has 100 valence electrons. The lowest BCUT2D eigenvalue weighted by molar-refractivity contribution is -0.131. The molecule has 19 heavy (non-hydrogen) atoms. The first kappa shape index (κ1) is 14.4. The van der Waals surface area contributed by atoms with Crippen molar-refractivity contribution in [1.82, 2.24) is 0 Å². The summed E-state index contributed by atoms with van der Waals surface area (Å²) in [5.74, 6) is -0.126. The highest BCUT2D eigenvalue weighted by Gasteiger charge is 2.15. The van der Waals surface area contributed by atoms with Crippen LogP contribution in [-0.2, 0) is 4.79 Å². The number of benzene rings is 1. The molecule has 0 aliphatic rings. The number of aliphatic carboxylic acids is 1. The molecule has 0 unspecified atom stereocenters. The molecule has 0 radical (unpaired) electrons. The average molecular weight is 263 g/mol. The van der Waals surface area contributed by atoms with E-state index in [-0.39, 0.29) is 5.57 Å². The van der Waals surface area contributed by atoms with Gasteiger partial charge in [0, 0.05) is 11.6 Å². The zero-order valence-electron chi connectivity index (χ0n) is 10.8. The van der Waals surface area contributed by atoms with Gasteiger partial charge in [-0.25, -0.2) is 4.79 Å². The Morgan fingerprint density at radius 1 is 1.21 bits per heavy atom. The van der Waals surface area contributed by atoms with Crippen LogP contribution in [0.2, 0.25) is 0 Å². The van der Waals surface area contributed by atoms with Crippen LogP contribution < -0.4 is 14.2 Å². The van der Waals surface area contributed by atoms with Crippen molar-refractivity contribution in [3.05, 3.63) is 23.8 Å². The fourth-order valence-electron chi connectivity index (χ4n) is 1.54. The minimum atomic E-state index is -1.20. The number of hydrogen-bond acceptors (Lipinski definition) is 5. The molecule has 0 aromatic heterocycles. The van der Waals surface area contributed by atoms with E-state index in [4.69, 9.17) is 24.6 Å². The molecule has 0 aliphatic heterocycles. The maximum Gasteiger partial charge on any atom is 0.329 e. The standard InChI is InChI=1S/C13H13NO5/c1-17-10-4-8(9(7-14)6-12(15)16)5-11(18-2)13(10)19-3/h4-6H,1-3H3,(H,15,16). The highest BCUT2D eigenvalue weighted by Crippen LogP contribution is 2.39. The average Bonchev–Trinajstić information content (AvgIpc) is 2.42. The van der Waals surface area contributed by atoms with E-state index in [9.17, 15) is 4.79 Å². The summed E-state index contributed by atoms with van der Waals surface area (Å²) in [6, 6.07) is 4.84. The molecule has 0 amide bonds. The Morgan fingerprint density at radius 2 is 1.74 bits per heavy atom. The molecule has 0 fully saturated rings. The summed E-state index contributed by atoms with van der Waals surface area (Å²) >= 11 is 0. The molecule has 6 heteroatoms. The predicted octanol–water partition coefficient (Wildman–Crippen LogP) is 1.70. The van der Waals surface area contributed by atoms with Gasteiger partial charge in [-0.3, -0.25) is 0 Å². The second-order valence-corrected chi connectivity index (χ2v) is 3.42. The summed E-state index contributed by atoms with van der Waals surface area (Å²) < 4.78 is 15.4. The third kappa shape index (κ3) is 3.16. The van der Waals surface area contributed by atoms with E-state index in [1.165, 1.54) is 33.5 Å². The van der Waals surface area contributed by atoms with Gasteiger partial charge in [-0.15, -0.1) is 0 Å². The van der Waals surface area contributed by atoms with Gasteiger partial charge in [0.1, 0.15) is 6.07 Å². The topological polar surface area (TPSA) is 88.8 Å². The van der Waals surface area contributed by atoms with E-state index in [2.05, 4.69) is 0 Å². The van der Waals surface area contributed by atoms with Crippen LogP contribution in [0.3, 0.4) is 0 Å². The molecule has 1 N–H and O–H groups in total. The van der Waals surface area contributed by atoms with Gasteiger partial charge >= 0.3 is 5.97 Å². The number of rotatable bonds is 5. The Balaban J connectivity index is 3.46. The van der Waals surface area contributed by atoms with Crippen molar-refractivity contribution in [3.8, 4) is 23.3 Å². The Morgan fingerprint density at radius 3 is 2.05 bits per heavy atom. The zero-order chi connectivity index (χ0) is 14.4. The van der Waals surface area contributed by atoms with Gasteiger partial charge in [0.05, 0.1) is 26.9 Å². The van der Waals surface area contributed by atoms with Gasteiger partial charge in [0.25, 0.3) is 0 Å². The maximum atomic E-state index is 10.7. The molecule has 0 spiro atoms. The van der Waals surface area contributed by atoms with Gasteiger partial charge in [0.15, 0.2) is 11.5 Å². The van der Waals surface area contributed by atoms with Crippen molar-refractivity contribution < 1.29 is 24.1 Å². The highest BCUT2D eigenvalue weighted by molar-refractivity contribution is 5.94. The summed E-state index contributed by atoms with van der Waals surface area (Å²) in [7, 11) is 4.33. The van der Waals surface area contributed by atoms with Crippen molar-refractivity contribution in [2.24, 2.45) is 0 Å². The van der Waals surface area contributed by atoms with E-state index in [0.717, 1.165) is 6.08 Å². The fourth-order valence-corrected chi connectivity index (χ4v) is 1.54. The minimum Gasteiger partial charge on any atom is -0.493 e. The van der Waals surface area contributed by atoms with Crippen LogP contribution in [0.25, 0.3) is 5.57 Å². The second-order valence-electron chi connectivity index (χ2n) is 3.42. The number of nitriles is 1. The molecular formula is C13H13NO5. The largest absolute Gasteiger partial charge is 0.493 e. The quantitative estimate of drug-likeness (QED) is 0.642. The number of allylic oxidation sites excluding steroid dienone is 1. The molecule has 6 nitrogen and oxygen atoms in total. The molecule has 0 atom stereocenters. The van der Waals surface area contributed by atoms with Crippen LogP contribution >= 0.6 is 0 Å². The second kappa shape index (κ2) is 6.31. The number of nitrogens with zero attached hydrogens (tertiary/aromatic N) is 1. The first-order valence-electron chi connectivity index (χ1n) is 5.22. The first-order chi connectivity index (χ1) is 9.07. The zero-order valence-corrected chi connectivity index (χ0v) is 10.8. The van der Waals surface area contributed by atoms with Gasteiger partial charge in [-0.05, 0) is 12.1 Å². The Labute approximate surface area is 110 Å². The normalized spacial score (nSPS) is 10.5. The molecule has 0 heterocycles. The van der Waals surface area contributed by atoms with Crippen molar-refractivity contribution in [2.45, 2.75) is 0 Å². The van der Waals surface area contributed by atoms with Crippen LogP contribution in [-0.4, -0.2) is 32.4 Å². The van der Waals surface area contributed by atoms with Crippen molar-refractivity contribution in [3.63, 3.8) is 0 Å². The summed E-state index contributed by atoms with van der Waals surface area (Å²) in [5, 5.41) is 17.7. The van der Waals surface area contributed by atoms with Crippen LogP contribution in [0.5, 0.6) is 17.2 Å². The van der Waals surface area contributed by atoms with Gasteiger partial charge in [-0.1, -0.05) is 0 Å². The van der Waals surface area contributed by atoms with Crippen LogP contribution in [0.4, 0.5) is 0 Å². The van der Waals surface area contributed by atoms with E-state index < -0.39 is 5.97 Å². The van der Waals surface area contributed by atoms with Gasteiger partial charge in [-0.2, -0.15) is 5.26 Å². The molecule has 1 aromatic carbocycles. The molecule has 0 saturated heterocycles. The molecular weight excluding hydrogens is 250 g/mol. The SMILES string of the molecule is COc1cc(C(C#N)=CC(=O)O)cc(OC)c1OC. The number of methoxy groups -OCH3 is 3. The Bertz CT molecular complexity index is 532. The summed E-state index contributed by atoms with van der Waals surface area (Å²) in [6.07, 6.45) is 0.820. The van der Waals surface area contributed by atoms with E-state index >= 15 is 0 Å². The lowest BCUT2D eigenvalue weighted by atomic mass is 10.1. The number of carboxylic acids is 1. The lowest BCUT2D eigenvalue weighted by Gasteiger charge is -2.13. The predicted molar refractivity (Wildman–Crippen MR) is 67.3 cm³/mol. The van der Waals surface area contributed by atoms with Gasteiger partial charge < -0.3 is 19.3 Å². The fraction of sp³-hybridized carbons (Fsp3) is 0.231. The number of carbonyl (C=O) groups is 1. The van der Waals surface area contributed by atoms with Crippen molar-refractivity contribution in [2.75, 3.05) is 21.3 Å². The molecule has 0 saturated carbocycles. The summed E-state index contributed by atoms with van der Waals surface area (Å²) in [5.41, 5.74) is 0.367. The third-order valence-corrected chi connectivity index (χ3v) is 2.36. The van der Waals surface area contributed by atoms with Gasteiger partial charge in [0.2, 0.25) is 5.75 Å². The monoisotopic (exact) mass is 263 g/mol. The molecule has 1 aromatic rings. The minimum absolute atomic E-state index is 0.00764. The molecule has 0 aliphatic carbocycles. The highest BCUT2D eigenvalue weighted by atomic mass is 16.5.